The lowest BCUT2D eigenvalue weighted by Gasteiger charge is -2.38. The number of H-pyrrole nitrogens is 1. The van der Waals surface area contributed by atoms with Gasteiger partial charge in [-0.3, -0.25) is 4.79 Å². The number of aromatic amines is 1. The maximum absolute atomic E-state index is 13.3. The fourth-order valence-corrected chi connectivity index (χ4v) is 5.93. The van der Waals surface area contributed by atoms with E-state index in [9.17, 15) is 9.59 Å². The minimum Gasteiger partial charge on any atom is -0.496 e. The molecule has 0 bridgehead atoms. The van der Waals surface area contributed by atoms with Crippen LogP contribution in [0.4, 0.5) is 10.5 Å². The van der Waals surface area contributed by atoms with E-state index in [0.29, 0.717) is 40.4 Å². The molecule has 1 N–H and O–H groups in total. The van der Waals surface area contributed by atoms with Gasteiger partial charge < -0.3 is 24.3 Å². The lowest BCUT2D eigenvalue weighted by atomic mass is 10.0. The number of rotatable bonds is 8. The normalized spacial score (nSPS) is 13.7. The Labute approximate surface area is 255 Å². The number of benzene rings is 3. The van der Waals surface area contributed by atoms with Crippen molar-refractivity contribution in [3.63, 3.8) is 0 Å². The number of nitrogens with zero attached hydrogens (tertiary/aromatic N) is 5. The Bertz CT molecular complexity index is 1810. The van der Waals surface area contributed by atoms with Crippen molar-refractivity contribution >= 4 is 22.8 Å². The number of piperidine rings is 1. The number of fused-ring (bicyclic) bond motifs is 1. The average molecular weight is 593 g/mol. The molecule has 1 aliphatic heterocycles. The van der Waals surface area contributed by atoms with Crippen molar-refractivity contribution < 1.29 is 14.3 Å². The van der Waals surface area contributed by atoms with Crippen LogP contribution in [0.3, 0.4) is 0 Å². The number of aromatic nitrogens is 4. The van der Waals surface area contributed by atoms with Crippen LogP contribution in [0.15, 0.2) is 83.7 Å². The summed E-state index contributed by atoms with van der Waals surface area (Å²) in [5, 5.41) is 5.05. The molecule has 0 spiro atoms. The zero-order valence-electron chi connectivity index (χ0n) is 25.2. The molecule has 1 fully saturated rings. The first-order valence-corrected chi connectivity index (χ1v) is 14.9. The van der Waals surface area contributed by atoms with Gasteiger partial charge in [0.2, 0.25) is 0 Å². The lowest BCUT2D eigenvalue weighted by Crippen LogP contribution is -2.47. The Morgan fingerprint density at radius 3 is 2.41 bits per heavy atom. The second kappa shape index (κ2) is 12.6. The molecule has 10 heteroatoms. The minimum atomic E-state index is -0.274. The van der Waals surface area contributed by atoms with Crippen LogP contribution < -0.4 is 15.2 Å². The Morgan fingerprint density at radius 2 is 1.73 bits per heavy atom. The largest absolute Gasteiger partial charge is 0.496 e. The molecule has 0 aliphatic carbocycles. The fourth-order valence-electron chi connectivity index (χ4n) is 5.93. The highest BCUT2D eigenvalue weighted by atomic mass is 16.6. The highest BCUT2D eigenvalue weighted by Crippen LogP contribution is 2.34. The van der Waals surface area contributed by atoms with Gasteiger partial charge in [0.15, 0.2) is 5.65 Å². The van der Waals surface area contributed by atoms with E-state index in [-0.39, 0.29) is 24.3 Å². The number of hydrogen-bond donors (Lipinski definition) is 1. The van der Waals surface area contributed by atoms with E-state index in [1.807, 2.05) is 90.7 Å². The van der Waals surface area contributed by atoms with E-state index in [1.165, 1.54) is 0 Å². The van der Waals surface area contributed by atoms with Crippen LogP contribution in [0, 0.1) is 0 Å². The summed E-state index contributed by atoms with van der Waals surface area (Å²) in [6.07, 6.45) is 1.38. The van der Waals surface area contributed by atoms with Gasteiger partial charge in [-0.1, -0.05) is 60.7 Å². The molecule has 0 saturated carbocycles. The summed E-state index contributed by atoms with van der Waals surface area (Å²) in [6, 6.07) is 25.4. The third-order valence-corrected chi connectivity index (χ3v) is 8.23. The zero-order valence-corrected chi connectivity index (χ0v) is 25.2. The molecule has 6 rings (SSSR count). The highest BCUT2D eigenvalue weighted by Gasteiger charge is 2.28. The van der Waals surface area contributed by atoms with Gasteiger partial charge in [-0.25, -0.2) is 14.5 Å². The number of anilines is 1. The summed E-state index contributed by atoms with van der Waals surface area (Å²) < 4.78 is 13.0. The van der Waals surface area contributed by atoms with E-state index in [2.05, 4.69) is 15.0 Å². The van der Waals surface area contributed by atoms with Crippen molar-refractivity contribution in [2.24, 2.45) is 7.05 Å². The summed E-state index contributed by atoms with van der Waals surface area (Å²) >= 11 is 0. The van der Waals surface area contributed by atoms with Crippen LogP contribution in [0.25, 0.3) is 33.7 Å². The minimum absolute atomic E-state index is 0.112. The van der Waals surface area contributed by atoms with Crippen LogP contribution in [0.5, 0.6) is 5.75 Å². The van der Waals surface area contributed by atoms with Crippen molar-refractivity contribution in [3.05, 3.63) is 94.8 Å². The quantitative estimate of drug-likeness (QED) is 0.249. The van der Waals surface area contributed by atoms with Crippen LogP contribution >= 0.6 is 0 Å². The van der Waals surface area contributed by atoms with Crippen LogP contribution in [0.2, 0.25) is 0 Å². The van der Waals surface area contributed by atoms with Gasteiger partial charge >= 0.3 is 6.09 Å². The number of carbonyl (C=O) groups excluding carboxylic acids is 1. The van der Waals surface area contributed by atoms with Gasteiger partial charge in [0.25, 0.3) is 5.56 Å². The maximum atomic E-state index is 13.3. The molecule has 44 heavy (non-hydrogen) atoms. The van der Waals surface area contributed by atoms with Crippen LogP contribution in [-0.4, -0.2) is 63.5 Å². The summed E-state index contributed by atoms with van der Waals surface area (Å²) in [7, 11) is 3.40. The Hall–Kier alpha value is -5.12. The molecule has 10 nitrogen and oxygen atoms in total. The predicted octanol–water partition coefficient (Wildman–Crippen LogP) is 5.63. The number of methoxy groups -OCH3 is 1. The molecule has 0 unspecified atom stereocenters. The monoisotopic (exact) mass is 592 g/mol. The van der Waals surface area contributed by atoms with Gasteiger partial charge in [0.05, 0.1) is 12.7 Å². The second-order valence-corrected chi connectivity index (χ2v) is 10.9. The topological polar surface area (TPSA) is 106 Å². The number of ether oxygens (including phenoxy) is 2. The van der Waals surface area contributed by atoms with Gasteiger partial charge in [-0.2, -0.15) is 5.10 Å². The molecule has 0 atom stereocenters. The second-order valence-electron chi connectivity index (χ2n) is 10.9. The molecule has 3 aromatic carbocycles. The van der Waals surface area contributed by atoms with Crippen molar-refractivity contribution in [2.45, 2.75) is 32.4 Å². The van der Waals surface area contributed by atoms with E-state index in [1.54, 1.807) is 18.8 Å². The first-order chi connectivity index (χ1) is 21.5. The molecule has 1 amide bonds. The summed E-state index contributed by atoms with van der Waals surface area (Å²) in [5.41, 5.74) is 4.36. The number of hydrogen-bond acceptors (Lipinski definition) is 7. The zero-order chi connectivity index (χ0) is 30.6. The fraction of sp³-hybridized carbons (Fsp3) is 0.294. The van der Waals surface area contributed by atoms with Crippen molar-refractivity contribution in [3.8, 4) is 28.4 Å². The van der Waals surface area contributed by atoms with E-state index < -0.39 is 0 Å². The van der Waals surface area contributed by atoms with Crippen molar-refractivity contribution in [1.82, 2.24) is 24.6 Å². The summed E-state index contributed by atoms with van der Waals surface area (Å²) in [5.74, 6) is 1.03. The predicted molar refractivity (Wildman–Crippen MR) is 171 cm³/mol. The first kappa shape index (κ1) is 29.0. The van der Waals surface area contributed by atoms with Crippen molar-refractivity contribution in [2.75, 3.05) is 31.6 Å². The van der Waals surface area contributed by atoms with Gasteiger partial charge in [-0.15, -0.1) is 0 Å². The average Bonchev–Trinajstić information content (AvgIpc) is 3.41. The molecular formula is C34H36N6O4. The van der Waals surface area contributed by atoms with E-state index >= 15 is 0 Å². The lowest BCUT2D eigenvalue weighted by molar-refractivity contribution is 0.0773. The standard InChI is InChI=1S/C34H36N6O4/c1-4-40(34(42)44-22-23-11-7-5-8-12-23)25-17-19-39(20-18-25)26-15-16-27(28(21-26)43-3)31-35-32-29(33(41)36-31)30(37-38(32)2)24-13-9-6-10-14-24/h5-16,21,25H,4,17-20,22H2,1-3H3,(H,35,36,41). The number of nitrogens with one attached hydrogen (secondary N) is 1. The van der Waals surface area contributed by atoms with Gasteiger partial charge in [-0.05, 0) is 37.5 Å². The van der Waals surface area contributed by atoms with Crippen molar-refractivity contribution in [1.29, 1.82) is 0 Å². The molecule has 5 aromatic rings. The summed E-state index contributed by atoms with van der Waals surface area (Å²) in [6.45, 7) is 4.42. The molecule has 1 aliphatic rings. The first-order valence-electron chi connectivity index (χ1n) is 14.9. The molecular weight excluding hydrogens is 556 g/mol. The smallest absolute Gasteiger partial charge is 0.410 e. The third kappa shape index (κ3) is 5.75. The van der Waals surface area contributed by atoms with Gasteiger partial charge in [0, 0.05) is 50.0 Å². The number of carbonyl (C=O) groups is 1. The Morgan fingerprint density at radius 1 is 1.02 bits per heavy atom. The number of amides is 1. The molecule has 2 aromatic heterocycles. The maximum Gasteiger partial charge on any atom is 0.410 e. The SMILES string of the molecule is CCN(C(=O)OCc1ccccc1)C1CCN(c2ccc(-c3nc4c(c(-c5ccccc5)nn4C)c(=O)[nH]3)c(OC)c2)CC1. The molecule has 3 heterocycles. The van der Waals surface area contributed by atoms with Crippen LogP contribution in [-0.2, 0) is 18.4 Å². The molecule has 1 saturated heterocycles. The summed E-state index contributed by atoms with van der Waals surface area (Å²) in [4.78, 5) is 38.1. The Kier molecular flexibility index (Phi) is 8.31. The number of aryl methyl sites for hydroxylation is 1. The van der Waals surface area contributed by atoms with E-state index in [4.69, 9.17) is 14.5 Å². The highest BCUT2D eigenvalue weighted by molar-refractivity contribution is 5.91. The Balaban J connectivity index is 1.17. The van der Waals surface area contributed by atoms with E-state index in [0.717, 1.165) is 42.7 Å². The van der Waals surface area contributed by atoms with Gasteiger partial charge in [0.1, 0.15) is 29.3 Å². The molecule has 0 radical (unpaired) electrons. The third-order valence-electron chi connectivity index (χ3n) is 8.23. The molecule has 226 valence electrons. The van der Waals surface area contributed by atoms with Crippen LogP contribution in [0.1, 0.15) is 25.3 Å².